The molecule has 0 saturated carbocycles. The van der Waals surface area contributed by atoms with E-state index in [-0.39, 0.29) is 16.9 Å². The third kappa shape index (κ3) is 5.80. The Labute approximate surface area is 105 Å². The maximum absolute atomic E-state index is 12.2. The number of para-hydroxylation sites is 2. The van der Waals surface area contributed by atoms with E-state index >= 15 is 0 Å². The van der Waals surface area contributed by atoms with E-state index in [1.165, 1.54) is 18.2 Å². The van der Waals surface area contributed by atoms with E-state index in [4.69, 9.17) is 4.74 Å². The van der Waals surface area contributed by atoms with Gasteiger partial charge in [-0.25, -0.2) is 0 Å². The van der Waals surface area contributed by atoms with Crippen molar-refractivity contribution in [2.75, 3.05) is 6.61 Å². The number of alkyl halides is 3. The molecule has 0 unspecified atom stereocenters. The van der Waals surface area contributed by atoms with Gasteiger partial charge in [-0.05, 0) is 24.0 Å². The lowest BCUT2D eigenvalue weighted by Gasteiger charge is -2.19. The Morgan fingerprint density at radius 3 is 2.06 bits per heavy atom. The van der Waals surface area contributed by atoms with Crippen molar-refractivity contribution in [3.8, 4) is 11.5 Å². The Morgan fingerprint density at radius 1 is 1.00 bits per heavy atom. The molecule has 18 heavy (non-hydrogen) atoms. The molecule has 102 valence electrons. The molecule has 2 nitrogen and oxygen atoms in total. The molecule has 1 aromatic rings. The minimum absolute atomic E-state index is 0.0693. The second-order valence-corrected chi connectivity index (χ2v) is 5.15. The second-order valence-electron chi connectivity index (χ2n) is 5.15. The summed E-state index contributed by atoms with van der Waals surface area (Å²) in [6, 6.07) is 5.77. The number of halogens is 3. The molecule has 1 rings (SSSR count). The maximum atomic E-state index is 12.2. The first-order valence-electron chi connectivity index (χ1n) is 5.65. The fourth-order valence-corrected chi connectivity index (χ4v) is 1.25. The van der Waals surface area contributed by atoms with Crippen LogP contribution in [-0.2, 0) is 0 Å². The Morgan fingerprint density at radius 2 is 1.56 bits per heavy atom. The van der Waals surface area contributed by atoms with Crippen LogP contribution in [0.25, 0.3) is 0 Å². The van der Waals surface area contributed by atoms with Crippen LogP contribution >= 0.6 is 0 Å². The first kappa shape index (κ1) is 14.7. The lowest BCUT2D eigenvalue weighted by Crippen LogP contribution is -2.18. The quantitative estimate of drug-likeness (QED) is 0.800. The fraction of sp³-hybridized carbons (Fsp3) is 0.538. The third-order valence-electron chi connectivity index (χ3n) is 2.18. The number of hydrogen-bond acceptors (Lipinski definition) is 2. The highest BCUT2D eigenvalue weighted by atomic mass is 19.4. The molecule has 0 N–H and O–H groups in total. The predicted molar refractivity (Wildman–Crippen MR) is 62.7 cm³/mol. The third-order valence-corrected chi connectivity index (χ3v) is 2.18. The van der Waals surface area contributed by atoms with Crippen LogP contribution in [0.15, 0.2) is 24.3 Å². The van der Waals surface area contributed by atoms with Gasteiger partial charge in [-0.3, -0.25) is 0 Å². The molecule has 0 atom stereocenters. The smallest absolute Gasteiger partial charge is 0.490 e. The van der Waals surface area contributed by atoms with Gasteiger partial charge >= 0.3 is 6.36 Å². The Hall–Kier alpha value is -1.39. The van der Waals surface area contributed by atoms with Crippen LogP contribution in [0, 0.1) is 5.41 Å². The molecule has 5 heteroatoms. The van der Waals surface area contributed by atoms with Crippen LogP contribution in [-0.4, -0.2) is 13.0 Å². The average Bonchev–Trinajstić information content (AvgIpc) is 2.16. The van der Waals surface area contributed by atoms with Gasteiger partial charge in [0.05, 0.1) is 6.61 Å². The van der Waals surface area contributed by atoms with Crippen molar-refractivity contribution < 1.29 is 22.6 Å². The number of ether oxygens (including phenoxy) is 2. The largest absolute Gasteiger partial charge is 0.573 e. The van der Waals surface area contributed by atoms with Gasteiger partial charge in [0.1, 0.15) is 0 Å². The first-order valence-corrected chi connectivity index (χ1v) is 5.65. The minimum atomic E-state index is -4.70. The lowest BCUT2D eigenvalue weighted by atomic mass is 9.93. The zero-order valence-corrected chi connectivity index (χ0v) is 10.7. The fourth-order valence-electron chi connectivity index (χ4n) is 1.25. The topological polar surface area (TPSA) is 18.5 Å². The van der Waals surface area contributed by atoms with E-state index in [2.05, 4.69) is 4.74 Å². The van der Waals surface area contributed by atoms with Gasteiger partial charge in [0.2, 0.25) is 0 Å². The van der Waals surface area contributed by atoms with Gasteiger partial charge in [0.25, 0.3) is 0 Å². The zero-order chi connectivity index (χ0) is 13.8. The molecule has 0 heterocycles. The van der Waals surface area contributed by atoms with E-state index in [1.807, 2.05) is 20.8 Å². The summed E-state index contributed by atoms with van der Waals surface area (Å²) < 4.78 is 45.7. The molecule has 1 aromatic carbocycles. The van der Waals surface area contributed by atoms with Crippen molar-refractivity contribution in [1.82, 2.24) is 0 Å². The molecule has 0 aliphatic rings. The van der Waals surface area contributed by atoms with Crippen molar-refractivity contribution in [3.63, 3.8) is 0 Å². The highest BCUT2D eigenvalue weighted by molar-refractivity contribution is 5.39. The van der Waals surface area contributed by atoms with Crippen LogP contribution in [0.2, 0.25) is 0 Å². The predicted octanol–water partition coefficient (Wildman–Crippen LogP) is 4.40. The van der Waals surface area contributed by atoms with Crippen molar-refractivity contribution >= 4 is 0 Å². The van der Waals surface area contributed by atoms with Crippen LogP contribution in [0.5, 0.6) is 11.5 Å². The van der Waals surface area contributed by atoms with Crippen molar-refractivity contribution in [1.29, 1.82) is 0 Å². The molecule has 0 amide bonds. The number of benzene rings is 1. The Kier molecular flexibility index (Phi) is 4.48. The van der Waals surface area contributed by atoms with Gasteiger partial charge in [0.15, 0.2) is 11.5 Å². The van der Waals surface area contributed by atoms with Gasteiger partial charge in [0, 0.05) is 0 Å². The van der Waals surface area contributed by atoms with E-state index in [9.17, 15) is 13.2 Å². The van der Waals surface area contributed by atoms with Crippen molar-refractivity contribution in [2.24, 2.45) is 5.41 Å². The summed E-state index contributed by atoms with van der Waals surface area (Å²) in [4.78, 5) is 0. The maximum Gasteiger partial charge on any atom is 0.573 e. The second kappa shape index (κ2) is 5.50. The monoisotopic (exact) mass is 262 g/mol. The number of hydrogen-bond donors (Lipinski definition) is 0. The Balaban J connectivity index is 2.65. The van der Waals surface area contributed by atoms with Crippen LogP contribution in [0.3, 0.4) is 0 Å². The normalized spacial score (nSPS) is 12.3. The molecule has 0 saturated heterocycles. The van der Waals surface area contributed by atoms with E-state index in [0.29, 0.717) is 6.61 Å². The summed E-state index contributed by atoms with van der Waals surface area (Å²) in [6.07, 6.45) is -3.96. The molecule has 0 spiro atoms. The van der Waals surface area contributed by atoms with E-state index < -0.39 is 6.36 Å². The van der Waals surface area contributed by atoms with E-state index in [1.54, 1.807) is 6.07 Å². The SMILES string of the molecule is CC(C)(C)CCOc1ccccc1OC(F)(F)F. The summed E-state index contributed by atoms with van der Waals surface area (Å²) in [5.41, 5.74) is 0.0693. The minimum Gasteiger partial charge on any atom is -0.490 e. The van der Waals surface area contributed by atoms with Gasteiger partial charge in [-0.1, -0.05) is 32.9 Å². The molecule has 0 radical (unpaired) electrons. The van der Waals surface area contributed by atoms with Gasteiger partial charge in [-0.15, -0.1) is 13.2 Å². The standard InChI is InChI=1S/C13H17F3O2/c1-12(2,3)8-9-17-10-6-4-5-7-11(10)18-13(14,15)16/h4-7H,8-9H2,1-3H3. The van der Waals surface area contributed by atoms with Crippen molar-refractivity contribution in [3.05, 3.63) is 24.3 Å². The highest BCUT2D eigenvalue weighted by Gasteiger charge is 2.32. The molecule has 0 aliphatic carbocycles. The summed E-state index contributed by atoms with van der Waals surface area (Å²) >= 11 is 0. The van der Waals surface area contributed by atoms with Gasteiger partial charge < -0.3 is 9.47 Å². The van der Waals surface area contributed by atoms with Gasteiger partial charge in [-0.2, -0.15) is 0 Å². The molecular weight excluding hydrogens is 245 g/mol. The Bertz CT molecular complexity index is 381. The molecular formula is C13H17F3O2. The highest BCUT2D eigenvalue weighted by Crippen LogP contribution is 2.32. The van der Waals surface area contributed by atoms with Crippen molar-refractivity contribution in [2.45, 2.75) is 33.6 Å². The first-order chi connectivity index (χ1) is 8.17. The number of rotatable bonds is 4. The summed E-state index contributed by atoms with van der Waals surface area (Å²) in [6.45, 7) is 6.46. The average molecular weight is 262 g/mol. The zero-order valence-electron chi connectivity index (χ0n) is 10.7. The van der Waals surface area contributed by atoms with Crippen LogP contribution < -0.4 is 9.47 Å². The van der Waals surface area contributed by atoms with E-state index in [0.717, 1.165) is 6.42 Å². The lowest BCUT2D eigenvalue weighted by molar-refractivity contribution is -0.275. The summed E-state index contributed by atoms with van der Waals surface area (Å²) in [5, 5.41) is 0. The summed E-state index contributed by atoms with van der Waals surface area (Å²) in [7, 11) is 0. The molecule has 0 bridgehead atoms. The molecule has 0 aliphatic heterocycles. The molecule has 0 aromatic heterocycles. The van der Waals surface area contributed by atoms with Crippen LogP contribution in [0.1, 0.15) is 27.2 Å². The summed E-state index contributed by atoms with van der Waals surface area (Å²) in [5.74, 6) is -0.196. The molecule has 0 fully saturated rings. The van der Waals surface area contributed by atoms with Crippen LogP contribution in [0.4, 0.5) is 13.2 Å².